The molecule has 1 unspecified atom stereocenters. The number of nitrogens with zero attached hydrogens (tertiary/aromatic N) is 3. The van der Waals surface area contributed by atoms with Gasteiger partial charge in [0, 0.05) is 44.7 Å². The lowest BCUT2D eigenvalue weighted by Gasteiger charge is -2.31. The van der Waals surface area contributed by atoms with Gasteiger partial charge in [0.05, 0.1) is 5.69 Å². The highest BCUT2D eigenvalue weighted by Gasteiger charge is 2.26. The van der Waals surface area contributed by atoms with Crippen LogP contribution in [0.5, 0.6) is 0 Å². The number of nitrogens with one attached hydrogen (secondary N) is 1. The molecule has 0 bridgehead atoms. The van der Waals surface area contributed by atoms with Crippen LogP contribution in [-0.4, -0.2) is 40.6 Å². The molecule has 3 rings (SSSR count). The van der Waals surface area contributed by atoms with E-state index in [9.17, 15) is 0 Å². The van der Waals surface area contributed by atoms with Crippen LogP contribution >= 0.6 is 0 Å². The second kappa shape index (κ2) is 5.02. The van der Waals surface area contributed by atoms with Gasteiger partial charge in [0.1, 0.15) is 5.82 Å². The van der Waals surface area contributed by atoms with E-state index in [4.69, 9.17) is 4.98 Å². The molecule has 0 saturated carbocycles. The lowest BCUT2D eigenvalue weighted by atomic mass is 9.97. The van der Waals surface area contributed by atoms with Crippen molar-refractivity contribution in [1.29, 1.82) is 0 Å². The minimum Gasteiger partial charge on any atom is -0.334 e. The molecule has 100 valence electrons. The van der Waals surface area contributed by atoms with E-state index in [2.05, 4.69) is 28.8 Å². The fraction of sp³-hybridized carbons (Fsp3) is 0.786. The Kier molecular flexibility index (Phi) is 3.39. The fourth-order valence-corrected chi connectivity index (χ4v) is 3.40. The van der Waals surface area contributed by atoms with E-state index < -0.39 is 0 Å². The third-order valence-corrected chi connectivity index (χ3v) is 4.48. The number of rotatable bonds is 2. The maximum absolute atomic E-state index is 4.92. The van der Waals surface area contributed by atoms with Gasteiger partial charge in [-0.3, -0.25) is 0 Å². The van der Waals surface area contributed by atoms with Crippen molar-refractivity contribution >= 4 is 0 Å². The van der Waals surface area contributed by atoms with Crippen LogP contribution in [0, 0.1) is 0 Å². The van der Waals surface area contributed by atoms with E-state index in [1.165, 1.54) is 49.7 Å². The largest absolute Gasteiger partial charge is 0.334 e. The van der Waals surface area contributed by atoms with Crippen molar-refractivity contribution in [2.75, 3.05) is 26.2 Å². The summed E-state index contributed by atoms with van der Waals surface area (Å²) in [4.78, 5) is 7.47. The summed E-state index contributed by atoms with van der Waals surface area (Å²) in [6, 6.07) is 0. The fourth-order valence-electron chi connectivity index (χ4n) is 3.40. The Morgan fingerprint density at radius 3 is 3.11 bits per heavy atom. The van der Waals surface area contributed by atoms with Crippen molar-refractivity contribution in [2.45, 2.75) is 38.6 Å². The Morgan fingerprint density at radius 1 is 1.44 bits per heavy atom. The molecule has 18 heavy (non-hydrogen) atoms. The van der Waals surface area contributed by atoms with Gasteiger partial charge in [0.2, 0.25) is 0 Å². The molecule has 4 heteroatoms. The van der Waals surface area contributed by atoms with Crippen molar-refractivity contribution < 1.29 is 0 Å². The highest BCUT2D eigenvalue weighted by molar-refractivity contribution is 5.22. The van der Waals surface area contributed by atoms with Crippen LogP contribution in [0.3, 0.4) is 0 Å². The maximum Gasteiger partial charge on any atom is 0.113 e. The van der Waals surface area contributed by atoms with E-state index in [1.807, 2.05) is 0 Å². The lowest BCUT2D eigenvalue weighted by molar-refractivity contribution is 0.212. The van der Waals surface area contributed by atoms with Crippen molar-refractivity contribution in [2.24, 2.45) is 7.05 Å². The molecule has 2 aliphatic heterocycles. The van der Waals surface area contributed by atoms with Gasteiger partial charge < -0.3 is 14.8 Å². The number of imidazole rings is 1. The first-order chi connectivity index (χ1) is 8.79. The predicted molar refractivity (Wildman–Crippen MR) is 72.7 cm³/mol. The molecule has 0 aliphatic carbocycles. The number of hydrogen-bond acceptors (Lipinski definition) is 3. The van der Waals surface area contributed by atoms with Crippen LogP contribution in [0.25, 0.3) is 0 Å². The molecule has 1 saturated heterocycles. The highest BCUT2D eigenvalue weighted by Crippen LogP contribution is 2.28. The van der Waals surface area contributed by atoms with Gasteiger partial charge in [-0.25, -0.2) is 4.98 Å². The van der Waals surface area contributed by atoms with Crippen molar-refractivity contribution in [3.05, 3.63) is 17.2 Å². The molecule has 1 fully saturated rings. The lowest BCUT2D eigenvalue weighted by Crippen LogP contribution is -2.35. The first kappa shape index (κ1) is 12.2. The maximum atomic E-state index is 4.92. The molecule has 1 aromatic rings. The number of piperidine rings is 1. The molecular formula is C14H24N4. The number of fused-ring (bicyclic) bond motifs is 1. The summed E-state index contributed by atoms with van der Waals surface area (Å²) in [5.41, 5.74) is 2.74. The first-order valence-corrected chi connectivity index (χ1v) is 7.27. The highest BCUT2D eigenvalue weighted by atomic mass is 15.2. The van der Waals surface area contributed by atoms with Crippen LogP contribution in [0.1, 0.15) is 42.9 Å². The summed E-state index contributed by atoms with van der Waals surface area (Å²) in [6.07, 6.45) is 3.74. The zero-order chi connectivity index (χ0) is 12.5. The quantitative estimate of drug-likeness (QED) is 0.855. The Balaban J connectivity index is 1.85. The van der Waals surface area contributed by atoms with Crippen molar-refractivity contribution in [3.8, 4) is 0 Å². The second-order valence-corrected chi connectivity index (χ2v) is 5.58. The molecule has 4 nitrogen and oxygen atoms in total. The Labute approximate surface area is 109 Å². The van der Waals surface area contributed by atoms with Gasteiger partial charge in [-0.1, -0.05) is 6.92 Å². The minimum atomic E-state index is 0.634. The van der Waals surface area contributed by atoms with Crippen LogP contribution in [0.2, 0.25) is 0 Å². The van der Waals surface area contributed by atoms with Crippen LogP contribution in [0.4, 0.5) is 0 Å². The van der Waals surface area contributed by atoms with Crippen molar-refractivity contribution in [1.82, 2.24) is 19.8 Å². The smallest absolute Gasteiger partial charge is 0.113 e. The van der Waals surface area contributed by atoms with Crippen molar-refractivity contribution in [3.63, 3.8) is 0 Å². The van der Waals surface area contributed by atoms with Crippen LogP contribution < -0.4 is 5.32 Å². The average Bonchev–Trinajstić information content (AvgIpc) is 2.77. The Hall–Kier alpha value is -0.870. The average molecular weight is 248 g/mol. The molecule has 2 aliphatic rings. The number of likely N-dealkylation sites (tertiary alicyclic amines) is 1. The van der Waals surface area contributed by atoms with E-state index in [0.29, 0.717) is 5.92 Å². The summed E-state index contributed by atoms with van der Waals surface area (Å²) in [5, 5.41) is 3.42. The van der Waals surface area contributed by atoms with Crippen LogP contribution in [0.15, 0.2) is 0 Å². The molecule has 3 heterocycles. The molecule has 1 aromatic heterocycles. The molecule has 0 radical (unpaired) electrons. The van der Waals surface area contributed by atoms with Gasteiger partial charge in [-0.05, 0) is 25.9 Å². The van der Waals surface area contributed by atoms with Gasteiger partial charge >= 0.3 is 0 Å². The summed E-state index contributed by atoms with van der Waals surface area (Å²) < 4.78 is 2.38. The molecular weight excluding hydrogens is 224 g/mol. The van der Waals surface area contributed by atoms with Gasteiger partial charge in [-0.15, -0.1) is 0 Å². The zero-order valence-electron chi connectivity index (χ0n) is 11.6. The van der Waals surface area contributed by atoms with E-state index >= 15 is 0 Å². The topological polar surface area (TPSA) is 33.1 Å². The monoisotopic (exact) mass is 248 g/mol. The summed E-state index contributed by atoms with van der Waals surface area (Å²) in [6.45, 7) is 7.93. The van der Waals surface area contributed by atoms with Crippen LogP contribution in [-0.2, 0) is 20.0 Å². The van der Waals surface area contributed by atoms with Gasteiger partial charge in [0.15, 0.2) is 0 Å². The Morgan fingerprint density at radius 2 is 2.33 bits per heavy atom. The second-order valence-electron chi connectivity index (χ2n) is 5.58. The summed E-state index contributed by atoms with van der Waals surface area (Å²) in [7, 11) is 2.21. The zero-order valence-corrected chi connectivity index (χ0v) is 11.6. The third-order valence-electron chi connectivity index (χ3n) is 4.48. The third kappa shape index (κ3) is 2.08. The Bertz CT molecular complexity index is 424. The normalized spacial score (nSPS) is 25.1. The summed E-state index contributed by atoms with van der Waals surface area (Å²) >= 11 is 0. The first-order valence-electron chi connectivity index (χ1n) is 7.27. The number of likely N-dealkylation sites (N-methyl/N-ethyl adjacent to an activating group) is 1. The molecule has 1 atom stereocenters. The molecule has 1 N–H and O–H groups in total. The van der Waals surface area contributed by atoms with Gasteiger partial charge in [0.25, 0.3) is 0 Å². The van der Waals surface area contributed by atoms with E-state index in [1.54, 1.807) is 0 Å². The molecule has 0 amide bonds. The summed E-state index contributed by atoms with van der Waals surface area (Å²) in [5.74, 6) is 1.95. The number of aromatic nitrogens is 2. The minimum absolute atomic E-state index is 0.634. The SMILES string of the molecule is CCN1CCCC(c2nc3c(n2C)CCNC3)C1. The van der Waals surface area contributed by atoms with E-state index in [-0.39, 0.29) is 0 Å². The molecule has 0 spiro atoms. The van der Waals surface area contributed by atoms with Gasteiger partial charge in [-0.2, -0.15) is 0 Å². The predicted octanol–water partition coefficient (Wildman–Crippen LogP) is 1.27. The molecule has 0 aromatic carbocycles. The number of hydrogen-bond donors (Lipinski definition) is 1. The standard InChI is InChI=1S/C14H24N4/c1-3-18-8-4-5-11(10-18)14-16-12-9-15-7-6-13(12)17(14)2/h11,15H,3-10H2,1-2H3. The van der Waals surface area contributed by atoms with E-state index in [0.717, 1.165) is 19.5 Å².